The maximum Gasteiger partial charge on any atom is 0.256 e. The van der Waals surface area contributed by atoms with Gasteiger partial charge in [0.1, 0.15) is 0 Å². The lowest BCUT2D eigenvalue weighted by Gasteiger charge is -2.13. The Bertz CT molecular complexity index is 375. The minimum Gasteiger partial charge on any atom is -0.272 e. The molecule has 0 N–H and O–H groups in total. The number of hydrogen-bond donors (Lipinski definition) is 0. The van der Waals surface area contributed by atoms with Crippen LogP contribution < -0.4 is 0 Å². The van der Waals surface area contributed by atoms with E-state index in [4.69, 9.17) is 4.84 Å². The van der Waals surface area contributed by atoms with Gasteiger partial charge in [-0.3, -0.25) is 9.63 Å². The largest absolute Gasteiger partial charge is 0.272 e. The number of carbonyl (C=O) groups is 1. The van der Waals surface area contributed by atoms with Crippen LogP contribution in [0.15, 0.2) is 29.2 Å². The zero-order valence-corrected chi connectivity index (χ0v) is 10.1. The third kappa shape index (κ3) is 2.77. The van der Waals surface area contributed by atoms with Crippen molar-refractivity contribution in [2.24, 2.45) is 0 Å². The van der Waals surface area contributed by atoms with Gasteiger partial charge in [0.15, 0.2) is 0 Å². The van der Waals surface area contributed by atoms with Crippen LogP contribution in [0.25, 0.3) is 0 Å². The summed E-state index contributed by atoms with van der Waals surface area (Å²) in [7, 11) is 0. The van der Waals surface area contributed by atoms with Crippen molar-refractivity contribution in [2.75, 3.05) is 18.9 Å². The molecule has 1 aromatic carbocycles. The molecule has 1 heterocycles. The molecule has 1 aliphatic rings. The standard InChI is InChI=1S/C12H15NO2S/c1-10-5-2-3-6-11(10)16-9-12(14)13-7-4-8-15-13/h2-3,5-6H,4,7-9H2,1H3. The summed E-state index contributed by atoms with van der Waals surface area (Å²) in [6.07, 6.45) is 0.945. The zero-order valence-electron chi connectivity index (χ0n) is 9.31. The van der Waals surface area contributed by atoms with E-state index < -0.39 is 0 Å². The van der Waals surface area contributed by atoms with Crippen molar-refractivity contribution in [1.82, 2.24) is 5.06 Å². The summed E-state index contributed by atoms with van der Waals surface area (Å²) < 4.78 is 0. The van der Waals surface area contributed by atoms with E-state index >= 15 is 0 Å². The zero-order chi connectivity index (χ0) is 11.4. The summed E-state index contributed by atoms with van der Waals surface area (Å²) in [6.45, 7) is 3.45. The second-order valence-corrected chi connectivity index (χ2v) is 4.75. The molecule has 1 fully saturated rings. The van der Waals surface area contributed by atoms with Gasteiger partial charge in [-0.1, -0.05) is 18.2 Å². The number of aryl methyl sites for hydroxylation is 1. The Morgan fingerprint density at radius 2 is 2.31 bits per heavy atom. The molecule has 1 saturated heterocycles. The fourth-order valence-corrected chi connectivity index (χ4v) is 2.47. The number of nitrogens with zero attached hydrogens (tertiary/aromatic N) is 1. The van der Waals surface area contributed by atoms with Crippen LogP contribution in [0, 0.1) is 6.92 Å². The van der Waals surface area contributed by atoms with Crippen LogP contribution in [0.4, 0.5) is 0 Å². The lowest BCUT2D eigenvalue weighted by atomic mass is 10.2. The van der Waals surface area contributed by atoms with Crippen molar-refractivity contribution in [3.8, 4) is 0 Å². The van der Waals surface area contributed by atoms with Gasteiger partial charge in [0.25, 0.3) is 5.91 Å². The van der Waals surface area contributed by atoms with Crippen molar-refractivity contribution >= 4 is 17.7 Å². The van der Waals surface area contributed by atoms with E-state index in [0.717, 1.165) is 17.9 Å². The fourth-order valence-electron chi connectivity index (χ4n) is 1.57. The Morgan fingerprint density at radius 1 is 1.50 bits per heavy atom. The van der Waals surface area contributed by atoms with Gasteiger partial charge in [-0.05, 0) is 25.0 Å². The molecule has 0 bridgehead atoms. The average Bonchev–Trinajstić information content (AvgIpc) is 2.81. The van der Waals surface area contributed by atoms with E-state index in [9.17, 15) is 4.79 Å². The maximum absolute atomic E-state index is 11.7. The summed E-state index contributed by atoms with van der Waals surface area (Å²) in [4.78, 5) is 18.1. The Hall–Kier alpha value is -1.00. The van der Waals surface area contributed by atoms with Crippen molar-refractivity contribution in [2.45, 2.75) is 18.2 Å². The number of hydroxylamine groups is 2. The van der Waals surface area contributed by atoms with E-state index in [2.05, 4.69) is 13.0 Å². The predicted octanol–water partition coefficient (Wildman–Crippen LogP) is 2.25. The van der Waals surface area contributed by atoms with Gasteiger partial charge < -0.3 is 0 Å². The molecule has 1 aliphatic heterocycles. The average molecular weight is 237 g/mol. The van der Waals surface area contributed by atoms with E-state index in [1.54, 1.807) is 11.8 Å². The summed E-state index contributed by atoms with van der Waals surface area (Å²) in [5, 5.41) is 1.48. The molecule has 0 unspecified atom stereocenters. The van der Waals surface area contributed by atoms with Crippen molar-refractivity contribution < 1.29 is 9.63 Å². The molecule has 16 heavy (non-hydrogen) atoms. The van der Waals surface area contributed by atoms with Crippen molar-refractivity contribution in [1.29, 1.82) is 0 Å². The quantitative estimate of drug-likeness (QED) is 0.755. The van der Waals surface area contributed by atoms with Gasteiger partial charge in [-0.2, -0.15) is 0 Å². The number of rotatable bonds is 3. The third-order valence-corrected chi connectivity index (χ3v) is 3.64. The van der Waals surface area contributed by atoms with Crippen LogP contribution in [-0.4, -0.2) is 29.9 Å². The topological polar surface area (TPSA) is 29.5 Å². The minimum absolute atomic E-state index is 0.0609. The van der Waals surface area contributed by atoms with E-state index in [1.165, 1.54) is 10.6 Å². The summed E-state index contributed by atoms with van der Waals surface area (Å²) >= 11 is 1.57. The first kappa shape index (κ1) is 11.5. The molecule has 4 heteroatoms. The molecular formula is C12H15NO2S. The normalized spacial score (nSPS) is 15.4. The van der Waals surface area contributed by atoms with E-state index in [1.807, 2.05) is 18.2 Å². The smallest absolute Gasteiger partial charge is 0.256 e. The Labute approximate surface area is 99.7 Å². The molecule has 0 spiro atoms. The first-order valence-electron chi connectivity index (χ1n) is 5.39. The number of hydrogen-bond acceptors (Lipinski definition) is 3. The molecule has 3 nitrogen and oxygen atoms in total. The molecule has 0 aromatic heterocycles. The summed E-state index contributed by atoms with van der Waals surface area (Å²) in [5.74, 6) is 0.510. The van der Waals surface area contributed by atoms with Crippen molar-refractivity contribution in [3.05, 3.63) is 29.8 Å². The van der Waals surface area contributed by atoms with Crippen LogP contribution in [-0.2, 0) is 9.63 Å². The first-order valence-corrected chi connectivity index (χ1v) is 6.37. The van der Waals surface area contributed by atoms with Crippen molar-refractivity contribution in [3.63, 3.8) is 0 Å². The maximum atomic E-state index is 11.7. The first-order chi connectivity index (χ1) is 7.77. The van der Waals surface area contributed by atoms with E-state index in [0.29, 0.717) is 12.4 Å². The van der Waals surface area contributed by atoms with Gasteiger partial charge in [0.05, 0.1) is 18.9 Å². The molecule has 0 atom stereocenters. The molecule has 86 valence electrons. The van der Waals surface area contributed by atoms with Crippen LogP contribution in [0.1, 0.15) is 12.0 Å². The third-order valence-electron chi connectivity index (χ3n) is 2.48. The molecule has 0 radical (unpaired) electrons. The van der Waals surface area contributed by atoms with Crippen LogP contribution in [0.2, 0.25) is 0 Å². The highest BCUT2D eigenvalue weighted by atomic mass is 32.2. The van der Waals surface area contributed by atoms with Gasteiger partial charge in [0.2, 0.25) is 0 Å². The van der Waals surface area contributed by atoms with Gasteiger partial charge >= 0.3 is 0 Å². The lowest BCUT2D eigenvalue weighted by molar-refractivity contribution is -0.165. The Kier molecular flexibility index (Phi) is 3.85. The fraction of sp³-hybridized carbons (Fsp3) is 0.417. The number of benzene rings is 1. The van der Waals surface area contributed by atoms with Gasteiger partial charge in [-0.25, -0.2) is 5.06 Å². The molecule has 1 aromatic rings. The van der Waals surface area contributed by atoms with E-state index in [-0.39, 0.29) is 5.91 Å². The number of carbonyl (C=O) groups excluding carboxylic acids is 1. The number of amides is 1. The summed E-state index contributed by atoms with van der Waals surface area (Å²) in [5.41, 5.74) is 1.21. The second kappa shape index (κ2) is 5.37. The molecule has 0 aliphatic carbocycles. The minimum atomic E-state index is 0.0609. The van der Waals surface area contributed by atoms with Crippen LogP contribution in [0.5, 0.6) is 0 Å². The molecule has 0 saturated carbocycles. The van der Waals surface area contributed by atoms with Crippen LogP contribution in [0.3, 0.4) is 0 Å². The SMILES string of the molecule is Cc1ccccc1SCC(=O)N1CCCO1. The lowest BCUT2D eigenvalue weighted by Crippen LogP contribution is -2.28. The van der Waals surface area contributed by atoms with Crippen LogP contribution >= 0.6 is 11.8 Å². The predicted molar refractivity (Wildman–Crippen MR) is 64.2 cm³/mol. The Morgan fingerprint density at radius 3 is 3.00 bits per heavy atom. The highest BCUT2D eigenvalue weighted by molar-refractivity contribution is 8.00. The number of thioether (sulfide) groups is 1. The molecule has 2 rings (SSSR count). The van der Waals surface area contributed by atoms with Gasteiger partial charge in [-0.15, -0.1) is 11.8 Å². The molecule has 1 amide bonds. The highest BCUT2D eigenvalue weighted by Crippen LogP contribution is 2.22. The highest BCUT2D eigenvalue weighted by Gasteiger charge is 2.19. The monoisotopic (exact) mass is 237 g/mol. The van der Waals surface area contributed by atoms with Gasteiger partial charge in [0, 0.05) is 4.90 Å². The second-order valence-electron chi connectivity index (χ2n) is 3.74. The summed E-state index contributed by atoms with van der Waals surface area (Å²) in [6, 6.07) is 8.09. The Balaban J connectivity index is 1.87. The molecular weight excluding hydrogens is 222 g/mol.